The lowest BCUT2D eigenvalue weighted by molar-refractivity contribution is -0.118. The Balaban J connectivity index is 1.70. The molecule has 23 heavy (non-hydrogen) atoms. The summed E-state index contributed by atoms with van der Waals surface area (Å²) in [5.74, 6) is 0.842. The summed E-state index contributed by atoms with van der Waals surface area (Å²) in [7, 11) is 0. The largest absolute Gasteiger partial charge is 0.491 e. The quantitative estimate of drug-likeness (QED) is 0.855. The van der Waals surface area contributed by atoms with E-state index in [1.807, 2.05) is 62.4 Å². The number of ether oxygens (including phenoxy) is 1. The molecule has 0 unspecified atom stereocenters. The van der Waals surface area contributed by atoms with Crippen LogP contribution in [0.4, 0.5) is 5.69 Å². The first-order valence-corrected chi connectivity index (χ1v) is 8.22. The van der Waals surface area contributed by atoms with Crippen molar-refractivity contribution in [1.29, 1.82) is 0 Å². The Kier molecular flexibility index (Phi) is 4.31. The second-order valence-corrected chi connectivity index (χ2v) is 6.67. The third-order valence-electron chi connectivity index (χ3n) is 4.07. The monoisotopic (exact) mass is 329 g/mol. The van der Waals surface area contributed by atoms with Gasteiger partial charge in [-0.15, -0.1) is 0 Å². The van der Waals surface area contributed by atoms with Crippen LogP contribution < -0.4 is 10.1 Å². The third kappa shape index (κ3) is 3.50. The summed E-state index contributed by atoms with van der Waals surface area (Å²) < 4.78 is 5.61. The number of amides is 1. The van der Waals surface area contributed by atoms with Gasteiger partial charge in [0.15, 0.2) is 0 Å². The second-order valence-electron chi connectivity index (χ2n) is 6.23. The summed E-state index contributed by atoms with van der Waals surface area (Å²) >= 11 is 5.93. The van der Waals surface area contributed by atoms with Gasteiger partial charge in [-0.1, -0.05) is 23.7 Å². The van der Waals surface area contributed by atoms with Crippen molar-refractivity contribution in [2.24, 2.45) is 0 Å². The Morgan fingerprint density at radius 1 is 1.09 bits per heavy atom. The molecule has 4 heteroatoms. The van der Waals surface area contributed by atoms with E-state index >= 15 is 0 Å². The predicted molar refractivity (Wildman–Crippen MR) is 93.2 cm³/mol. The SMILES string of the molecule is CC(C)Oc1ccc(NC(=O)C2(c3ccc(Cl)cc3)CC2)cc1. The van der Waals surface area contributed by atoms with Crippen molar-refractivity contribution >= 4 is 23.2 Å². The fourth-order valence-electron chi connectivity index (χ4n) is 2.68. The summed E-state index contributed by atoms with van der Waals surface area (Å²) in [4.78, 5) is 12.7. The van der Waals surface area contributed by atoms with E-state index in [9.17, 15) is 4.79 Å². The number of carbonyl (C=O) groups is 1. The van der Waals surface area contributed by atoms with E-state index < -0.39 is 5.41 Å². The zero-order valence-corrected chi connectivity index (χ0v) is 14.1. The number of nitrogens with one attached hydrogen (secondary N) is 1. The van der Waals surface area contributed by atoms with Gasteiger partial charge < -0.3 is 10.1 Å². The van der Waals surface area contributed by atoms with Crippen molar-refractivity contribution in [3.8, 4) is 5.75 Å². The summed E-state index contributed by atoms with van der Waals surface area (Å²) in [5.41, 5.74) is 1.41. The van der Waals surface area contributed by atoms with Crippen LogP contribution in [0.1, 0.15) is 32.3 Å². The highest BCUT2D eigenvalue weighted by Crippen LogP contribution is 2.49. The first kappa shape index (κ1) is 15.9. The zero-order valence-electron chi connectivity index (χ0n) is 13.3. The number of halogens is 1. The minimum atomic E-state index is -0.405. The highest BCUT2D eigenvalue weighted by atomic mass is 35.5. The van der Waals surface area contributed by atoms with Crippen LogP contribution in [0.5, 0.6) is 5.75 Å². The molecule has 0 spiro atoms. The molecule has 0 radical (unpaired) electrons. The molecule has 0 bridgehead atoms. The van der Waals surface area contributed by atoms with Gasteiger partial charge in [0, 0.05) is 10.7 Å². The fourth-order valence-corrected chi connectivity index (χ4v) is 2.81. The van der Waals surface area contributed by atoms with Crippen molar-refractivity contribution in [2.45, 2.75) is 38.2 Å². The molecule has 1 aliphatic carbocycles. The molecular weight excluding hydrogens is 310 g/mol. The Morgan fingerprint density at radius 3 is 2.22 bits per heavy atom. The fraction of sp³-hybridized carbons (Fsp3) is 0.316. The molecular formula is C19H20ClNO2. The lowest BCUT2D eigenvalue weighted by Gasteiger charge is -2.16. The molecule has 0 heterocycles. The molecule has 1 amide bonds. The molecule has 0 saturated heterocycles. The van der Waals surface area contributed by atoms with E-state index in [0.717, 1.165) is 29.8 Å². The molecule has 1 fully saturated rings. The average molecular weight is 330 g/mol. The van der Waals surface area contributed by atoms with Crippen LogP contribution in [0.15, 0.2) is 48.5 Å². The van der Waals surface area contributed by atoms with Crippen molar-refractivity contribution in [3.63, 3.8) is 0 Å². The van der Waals surface area contributed by atoms with E-state index in [1.54, 1.807) is 0 Å². The van der Waals surface area contributed by atoms with Gasteiger partial charge in [-0.25, -0.2) is 0 Å². The van der Waals surface area contributed by atoms with Gasteiger partial charge >= 0.3 is 0 Å². The highest BCUT2D eigenvalue weighted by Gasteiger charge is 2.51. The van der Waals surface area contributed by atoms with Gasteiger partial charge in [0.25, 0.3) is 0 Å². The van der Waals surface area contributed by atoms with Crippen LogP contribution in [0.25, 0.3) is 0 Å². The van der Waals surface area contributed by atoms with Gasteiger partial charge in [0.1, 0.15) is 5.75 Å². The normalized spacial score (nSPS) is 15.3. The first-order chi connectivity index (χ1) is 11.0. The van der Waals surface area contributed by atoms with Gasteiger partial charge in [-0.3, -0.25) is 4.79 Å². The molecule has 1 N–H and O–H groups in total. The van der Waals surface area contributed by atoms with Gasteiger partial charge in [-0.05, 0) is 68.7 Å². The van der Waals surface area contributed by atoms with Crippen LogP contribution in [0.2, 0.25) is 5.02 Å². The highest BCUT2D eigenvalue weighted by molar-refractivity contribution is 6.30. The van der Waals surface area contributed by atoms with Crippen molar-refractivity contribution < 1.29 is 9.53 Å². The summed E-state index contributed by atoms with van der Waals surface area (Å²) in [5, 5.41) is 3.70. The van der Waals surface area contributed by atoms with Crippen molar-refractivity contribution in [1.82, 2.24) is 0 Å². The Hall–Kier alpha value is -2.00. The zero-order chi connectivity index (χ0) is 16.4. The van der Waals surface area contributed by atoms with Crippen molar-refractivity contribution in [3.05, 3.63) is 59.1 Å². The molecule has 2 aromatic rings. The molecule has 0 aromatic heterocycles. The number of carbonyl (C=O) groups excluding carboxylic acids is 1. The number of hydrogen-bond acceptors (Lipinski definition) is 2. The van der Waals surface area contributed by atoms with E-state index in [0.29, 0.717) is 5.02 Å². The van der Waals surface area contributed by atoms with Gasteiger partial charge in [0.2, 0.25) is 5.91 Å². The van der Waals surface area contributed by atoms with E-state index in [-0.39, 0.29) is 12.0 Å². The number of benzene rings is 2. The molecule has 1 saturated carbocycles. The van der Waals surface area contributed by atoms with E-state index in [4.69, 9.17) is 16.3 Å². The minimum absolute atomic E-state index is 0.0392. The lowest BCUT2D eigenvalue weighted by Crippen LogP contribution is -2.27. The van der Waals surface area contributed by atoms with Crippen LogP contribution in [0.3, 0.4) is 0 Å². The maximum Gasteiger partial charge on any atom is 0.235 e. The third-order valence-corrected chi connectivity index (χ3v) is 4.32. The van der Waals surface area contributed by atoms with Crippen molar-refractivity contribution in [2.75, 3.05) is 5.32 Å². The number of hydrogen-bond donors (Lipinski definition) is 1. The minimum Gasteiger partial charge on any atom is -0.491 e. The Morgan fingerprint density at radius 2 is 1.70 bits per heavy atom. The van der Waals surface area contributed by atoms with E-state index in [2.05, 4.69) is 5.32 Å². The van der Waals surface area contributed by atoms with E-state index in [1.165, 1.54) is 0 Å². The summed E-state index contributed by atoms with van der Waals surface area (Å²) in [6, 6.07) is 15.0. The molecule has 0 aliphatic heterocycles. The summed E-state index contributed by atoms with van der Waals surface area (Å²) in [6.07, 6.45) is 1.87. The number of rotatable bonds is 5. The second kappa shape index (κ2) is 6.25. The standard InChI is InChI=1S/C19H20ClNO2/c1-13(2)23-17-9-7-16(8-10-17)21-18(22)19(11-12-19)14-3-5-15(20)6-4-14/h3-10,13H,11-12H2,1-2H3,(H,21,22). The summed E-state index contributed by atoms with van der Waals surface area (Å²) in [6.45, 7) is 3.97. The maximum atomic E-state index is 12.7. The topological polar surface area (TPSA) is 38.3 Å². The molecule has 2 aromatic carbocycles. The van der Waals surface area contributed by atoms with Crippen LogP contribution >= 0.6 is 11.6 Å². The molecule has 120 valence electrons. The smallest absolute Gasteiger partial charge is 0.235 e. The Bertz CT molecular complexity index is 688. The lowest BCUT2D eigenvalue weighted by atomic mass is 9.95. The first-order valence-electron chi connectivity index (χ1n) is 7.84. The van der Waals surface area contributed by atoms with Crippen LogP contribution in [-0.2, 0) is 10.2 Å². The maximum absolute atomic E-state index is 12.7. The van der Waals surface area contributed by atoms with Crippen LogP contribution in [0, 0.1) is 0 Å². The Labute approximate surface area is 141 Å². The molecule has 3 nitrogen and oxygen atoms in total. The predicted octanol–water partition coefficient (Wildman–Crippen LogP) is 4.80. The van der Waals surface area contributed by atoms with Crippen LogP contribution in [-0.4, -0.2) is 12.0 Å². The average Bonchev–Trinajstić information content (AvgIpc) is 3.31. The molecule has 3 rings (SSSR count). The van der Waals surface area contributed by atoms with Gasteiger partial charge in [0.05, 0.1) is 11.5 Å². The van der Waals surface area contributed by atoms with Gasteiger partial charge in [-0.2, -0.15) is 0 Å². The molecule has 1 aliphatic rings. The molecule has 0 atom stereocenters. The number of anilines is 1.